The van der Waals surface area contributed by atoms with Crippen LogP contribution in [0.4, 0.5) is 8.78 Å². The van der Waals surface area contributed by atoms with Crippen LogP contribution >= 0.6 is 11.3 Å². The minimum atomic E-state index is -0.724. The molecule has 1 aromatic carbocycles. The molecule has 1 fully saturated rings. The van der Waals surface area contributed by atoms with Crippen molar-refractivity contribution in [3.8, 4) is 16.3 Å². The summed E-state index contributed by atoms with van der Waals surface area (Å²) < 4.78 is 34.8. The van der Waals surface area contributed by atoms with Crippen molar-refractivity contribution in [2.45, 2.75) is 46.6 Å². The first-order valence-corrected chi connectivity index (χ1v) is 12.8. The van der Waals surface area contributed by atoms with Crippen molar-refractivity contribution in [3.05, 3.63) is 62.5 Å². The maximum absolute atomic E-state index is 14.1. The molecule has 10 heteroatoms. The van der Waals surface area contributed by atoms with Crippen molar-refractivity contribution >= 4 is 17.1 Å². The fourth-order valence-electron chi connectivity index (χ4n) is 4.79. The molecule has 0 saturated carbocycles. The predicted molar refractivity (Wildman–Crippen MR) is 132 cm³/mol. The van der Waals surface area contributed by atoms with Gasteiger partial charge in [0.25, 0.3) is 0 Å². The lowest BCUT2D eigenvalue weighted by molar-refractivity contribution is 0.0994. The van der Waals surface area contributed by atoms with Crippen molar-refractivity contribution in [2.24, 2.45) is 17.8 Å². The van der Waals surface area contributed by atoms with E-state index in [4.69, 9.17) is 4.74 Å². The number of ketones is 1. The number of carbonyl (C=O) groups excluding carboxylic acids is 1. The van der Waals surface area contributed by atoms with E-state index < -0.39 is 28.6 Å². The highest BCUT2D eigenvalue weighted by Gasteiger charge is 2.38. The van der Waals surface area contributed by atoms with Crippen LogP contribution in [-0.4, -0.2) is 38.9 Å². The quantitative estimate of drug-likeness (QED) is 0.422. The summed E-state index contributed by atoms with van der Waals surface area (Å²) >= 11 is 1.07. The molecule has 4 rings (SSSR count). The average molecular weight is 518 g/mol. The Kier molecular flexibility index (Phi) is 7.65. The first-order chi connectivity index (χ1) is 17.1. The maximum atomic E-state index is 14.1. The van der Waals surface area contributed by atoms with Gasteiger partial charge in [0.2, 0.25) is 5.43 Å². The number of benzene rings is 1. The number of ether oxygens (including phenoxy) is 1. The summed E-state index contributed by atoms with van der Waals surface area (Å²) in [5, 5.41) is 19.6. The lowest BCUT2D eigenvalue weighted by atomic mass is 9.80. The van der Waals surface area contributed by atoms with Gasteiger partial charge in [-0.05, 0) is 23.5 Å². The summed E-state index contributed by atoms with van der Waals surface area (Å²) in [5.41, 5.74) is -0.435. The second-order valence-corrected chi connectivity index (χ2v) is 10.5. The van der Waals surface area contributed by atoms with E-state index in [9.17, 15) is 23.5 Å². The van der Waals surface area contributed by atoms with Gasteiger partial charge in [0, 0.05) is 31.5 Å². The zero-order valence-corrected chi connectivity index (χ0v) is 21.4. The lowest BCUT2D eigenvalue weighted by Gasteiger charge is -2.31. The van der Waals surface area contributed by atoms with Crippen LogP contribution in [0.2, 0.25) is 0 Å². The highest BCUT2D eigenvalue weighted by Crippen LogP contribution is 2.39. The Balaban J connectivity index is 1.75. The van der Waals surface area contributed by atoms with E-state index >= 15 is 0 Å². The van der Waals surface area contributed by atoms with Crippen LogP contribution in [0.1, 0.15) is 61.2 Å². The molecular weight excluding hydrogens is 488 g/mol. The van der Waals surface area contributed by atoms with Crippen LogP contribution in [0.15, 0.2) is 29.2 Å². The van der Waals surface area contributed by atoms with Crippen molar-refractivity contribution in [2.75, 3.05) is 13.2 Å². The number of rotatable bonds is 8. The Morgan fingerprint density at radius 1 is 1.28 bits per heavy atom. The zero-order chi connectivity index (χ0) is 26.1. The Labute approximate surface area is 211 Å². The number of nitrogens with zero attached hydrogens (tertiary/aromatic N) is 3. The average Bonchev–Trinajstić information content (AvgIpc) is 3.51. The zero-order valence-electron chi connectivity index (χ0n) is 20.6. The maximum Gasteiger partial charge on any atom is 0.234 e. The van der Waals surface area contributed by atoms with Gasteiger partial charge < -0.3 is 14.4 Å². The van der Waals surface area contributed by atoms with E-state index in [0.717, 1.165) is 29.9 Å². The van der Waals surface area contributed by atoms with Gasteiger partial charge >= 0.3 is 0 Å². The van der Waals surface area contributed by atoms with E-state index in [1.165, 1.54) is 13.0 Å². The molecule has 3 aromatic rings. The third-order valence-electron chi connectivity index (χ3n) is 7.27. The van der Waals surface area contributed by atoms with Gasteiger partial charge in [-0.3, -0.25) is 9.59 Å². The Hall–Kier alpha value is -2.98. The van der Waals surface area contributed by atoms with Crippen molar-refractivity contribution in [1.82, 2.24) is 14.8 Å². The number of pyridine rings is 1. The lowest BCUT2D eigenvalue weighted by Crippen LogP contribution is -2.30. The minimum Gasteiger partial charge on any atom is -0.503 e. The number of aromatic nitrogens is 3. The molecule has 1 N–H and O–H groups in total. The van der Waals surface area contributed by atoms with E-state index in [1.54, 1.807) is 10.8 Å². The molecule has 0 spiro atoms. The molecule has 1 aliphatic rings. The number of Topliss-reactive ketones (excluding diaryl/α,β-unsaturated/α-hetero) is 1. The number of carbonyl (C=O) groups is 1. The van der Waals surface area contributed by atoms with Gasteiger partial charge in [0.1, 0.15) is 22.3 Å². The summed E-state index contributed by atoms with van der Waals surface area (Å²) in [5.74, 6) is -1.64. The Morgan fingerprint density at radius 2 is 2.03 bits per heavy atom. The van der Waals surface area contributed by atoms with Crippen molar-refractivity contribution < 1.29 is 23.4 Å². The SMILES string of the molecule is CCC(C)C(C)C1COCC1n1cc(-c2nnc(Cc3ccc(F)cc3F)s2)c(=O)c(O)c1C(C)=O. The van der Waals surface area contributed by atoms with Gasteiger partial charge in [0.15, 0.2) is 16.5 Å². The van der Waals surface area contributed by atoms with Gasteiger partial charge in [-0.2, -0.15) is 0 Å². The largest absolute Gasteiger partial charge is 0.503 e. The normalized spacial score (nSPS) is 19.4. The van der Waals surface area contributed by atoms with Crippen LogP contribution in [0, 0.1) is 29.4 Å². The third kappa shape index (κ3) is 4.97. The number of halogens is 2. The van der Waals surface area contributed by atoms with Crippen LogP contribution < -0.4 is 5.43 Å². The molecule has 1 aliphatic heterocycles. The molecule has 1 saturated heterocycles. The topological polar surface area (TPSA) is 94.3 Å². The number of hydrogen-bond acceptors (Lipinski definition) is 7. The molecule has 0 radical (unpaired) electrons. The van der Waals surface area contributed by atoms with Crippen molar-refractivity contribution in [3.63, 3.8) is 0 Å². The standard InChI is InChI=1S/C26H29F2N3O4S/c1-5-13(2)14(3)19-11-35-12-21(19)31-10-18(24(33)25(34)23(31)15(4)32)26-30-29-22(36-26)8-16-6-7-17(27)9-20(16)28/h6-7,9-10,13-14,19,21,34H,5,8,11-12H2,1-4H3. The summed E-state index contributed by atoms with van der Waals surface area (Å²) in [6.45, 7) is 8.63. The second kappa shape index (κ2) is 10.6. The number of aromatic hydroxyl groups is 1. The summed E-state index contributed by atoms with van der Waals surface area (Å²) in [7, 11) is 0. The highest BCUT2D eigenvalue weighted by atomic mass is 32.1. The molecule has 0 aliphatic carbocycles. The fourth-order valence-corrected chi connectivity index (χ4v) is 5.66. The second-order valence-electron chi connectivity index (χ2n) is 9.46. The van der Waals surface area contributed by atoms with Gasteiger partial charge in [-0.25, -0.2) is 8.78 Å². The summed E-state index contributed by atoms with van der Waals surface area (Å²) in [6.07, 6.45) is 2.62. The van der Waals surface area contributed by atoms with Gasteiger partial charge in [0.05, 0.1) is 24.8 Å². The molecule has 0 amide bonds. The molecule has 0 bridgehead atoms. The molecule has 4 unspecified atom stereocenters. The Bertz CT molecular complexity index is 1340. The third-order valence-corrected chi connectivity index (χ3v) is 8.22. The molecule has 192 valence electrons. The fraction of sp³-hybridized carbons (Fsp3) is 0.462. The summed E-state index contributed by atoms with van der Waals surface area (Å²) in [6, 6.07) is 3.05. The first-order valence-electron chi connectivity index (χ1n) is 12.0. The smallest absolute Gasteiger partial charge is 0.234 e. The van der Waals surface area contributed by atoms with Crippen LogP contribution in [0.25, 0.3) is 10.6 Å². The van der Waals surface area contributed by atoms with E-state index in [-0.39, 0.29) is 46.1 Å². The van der Waals surface area contributed by atoms with Crippen molar-refractivity contribution in [1.29, 1.82) is 0 Å². The molecule has 4 atom stereocenters. The first kappa shape index (κ1) is 26.1. The van der Waals surface area contributed by atoms with Crippen LogP contribution in [0.5, 0.6) is 5.75 Å². The van der Waals surface area contributed by atoms with E-state index in [0.29, 0.717) is 24.1 Å². The van der Waals surface area contributed by atoms with Crippen LogP contribution in [-0.2, 0) is 11.2 Å². The summed E-state index contributed by atoms with van der Waals surface area (Å²) in [4.78, 5) is 25.6. The molecule has 36 heavy (non-hydrogen) atoms. The van der Waals surface area contributed by atoms with E-state index in [2.05, 4.69) is 31.0 Å². The highest BCUT2D eigenvalue weighted by molar-refractivity contribution is 7.14. The molecular formula is C26H29F2N3O4S. The number of hydrogen-bond donors (Lipinski definition) is 1. The predicted octanol–water partition coefficient (Wildman–Crippen LogP) is 5.01. The van der Waals surface area contributed by atoms with E-state index in [1.807, 2.05) is 0 Å². The Morgan fingerprint density at radius 3 is 2.69 bits per heavy atom. The van der Waals surface area contributed by atoms with Crippen LogP contribution in [0.3, 0.4) is 0 Å². The monoisotopic (exact) mass is 517 g/mol. The van der Waals surface area contributed by atoms with Gasteiger partial charge in [-0.1, -0.05) is 44.6 Å². The molecule has 7 nitrogen and oxygen atoms in total. The molecule has 3 heterocycles. The van der Waals surface area contributed by atoms with Gasteiger partial charge in [-0.15, -0.1) is 10.2 Å². The molecule has 2 aromatic heterocycles. The minimum absolute atomic E-state index is 0.0567.